The summed E-state index contributed by atoms with van der Waals surface area (Å²) in [6.45, 7) is 6.53. The number of amides is 3. The number of amidine groups is 3. The van der Waals surface area contributed by atoms with Gasteiger partial charge in [0.1, 0.15) is 17.5 Å². The van der Waals surface area contributed by atoms with E-state index >= 15 is 0 Å². The molecule has 4 rings (SSSR count). The molecule has 1 aliphatic heterocycles. The predicted octanol–water partition coefficient (Wildman–Crippen LogP) is 4.02. The molecule has 3 aromatic rings. The molecule has 0 fully saturated rings. The van der Waals surface area contributed by atoms with Crippen LogP contribution in [0.2, 0.25) is 0 Å². The molecule has 3 aromatic carbocycles. The third-order valence-electron chi connectivity index (χ3n) is 7.44. The molecule has 0 saturated carbocycles. The number of nitrogens with zero attached hydrogens (tertiary/aromatic N) is 3. The lowest BCUT2D eigenvalue weighted by atomic mass is 10.0. The van der Waals surface area contributed by atoms with Gasteiger partial charge < -0.3 is 31.9 Å². The molecule has 0 aliphatic carbocycles. The Labute approximate surface area is 262 Å². The maximum absolute atomic E-state index is 14.3. The molecular weight excluding hydrogens is 570 g/mol. The molecule has 0 unspecified atom stereocenters. The highest BCUT2D eigenvalue weighted by atomic mass is 16.2. The van der Waals surface area contributed by atoms with E-state index in [2.05, 4.69) is 0 Å². The molecule has 6 bridgehead atoms. The molecule has 9 N–H and O–H groups in total. The third-order valence-corrected chi connectivity index (χ3v) is 7.44. The second-order valence-corrected chi connectivity index (χ2v) is 10.9. The summed E-state index contributed by atoms with van der Waals surface area (Å²) in [7, 11) is 0. The van der Waals surface area contributed by atoms with Crippen molar-refractivity contribution < 1.29 is 14.4 Å². The van der Waals surface area contributed by atoms with Crippen LogP contribution in [-0.2, 0) is 0 Å². The molecule has 0 spiro atoms. The average molecular weight is 610 g/mol. The summed E-state index contributed by atoms with van der Waals surface area (Å²) in [5.74, 6) is -2.16. The molecule has 0 saturated heterocycles. The fourth-order valence-electron chi connectivity index (χ4n) is 5.32. The van der Waals surface area contributed by atoms with Crippen LogP contribution in [0, 0.1) is 16.2 Å². The highest BCUT2D eigenvalue weighted by Crippen LogP contribution is 2.30. The van der Waals surface area contributed by atoms with Gasteiger partial charge in [0.2, 0.25) is 0 Å². The lowest BCUT2D eigenvalue weighted by Crippen LogP contribution is -2.34. The Morgan fingerprint density at radius 3 is 0.933 bits per heavy atom. The van der Waals surface area contributed by atoms with E-state index in [0.29, 0.717) is 36.3 Å². The second kappa shape index (κ2) is 13.4. The van der Waals surface area contributed by atoms with Crippen LogP contribution in [0.3, 0.4) is 0 Å². The van der Waals surface area contributed by atoms with Crippen LogP contribution in [0.1, 0.15) is 87.8 Å². The third kappa shape index (κ3) is 6.69. The molecule has 0 atom stereocenters. The first kappa shape index (κ1) is 32.4. The summed E-state index contributed by atoms with van der Waals surface area (Å²) in [4.78, 5) is 47.3. The Bertz CT molecular complexity index is 1520. The number of fused-ring (bicyclic) bond motifs is 6. The van der Waals surface area contributed by atoms with E-state index in [1.165, 1.54) is 32.9 Å². The van der Waals surface area contributed by atoms with E-state index < -0.39 is 17.7 Å². The quantitative estimate of drug-likeness (QED) is 0.156. The van der Waals surface area contributed by atoms with Crippen molar-refractivity contribution in [2.24, 2.45) is 17.2 Å². The van der Waals surface area contributed by atoms with Gasteiger partial charge in [-0.05, 0) is 73.9 Å². The van der Waals surface area contributed by atoms with E-state index in [9.17, 15) is 14.4 Å². The van der Waals surface area contributed by atoms with Crippen molar-refractivity contribution in [3.63, 3.8) is 0 Å². The Morgan fingerprint density at radius 1 is 0.489 bits per heavy atom. The van der Waals surface area contributed by atoms with Crippen molar-refractivity contribution in [3.8, 4) is 0 Å². The number of hydrogen-bond donors (Lipinski definition) is 6. The molecule has 0 aromatic heterocycles. The number of benzene rings is 3. The van der Waals surface area contributed by atoms with Crippen LogP contribution in [0.4, 0.5) is 17.1 Å². The average Bonchev–Trinajstić information content (AvgIpc) is 3.02. The number of anilines is 3. The van der Waals surface area contributed by atoms with Gasteiger partial charge in [-0.15, -0.1) is 0 Å². The minimum Gasteiger partial charge on any atom is -0.384 e. The van der Waals surface area contributed by atoms with E-state index in [-0.39, 0.29) is 70.5 Å². The molecule has 1 aliphatic rings. The van der Waals surface area contributed by atoms with Crippen molar-refractivity contribution in [2.75, 3.05) is 34.3 Å². The van der Waals surface area contributed by atoms with E-state index in [1.807, 2.05) is 20.8 Å². The SMILES string of the molecule is CCCN1C(=O)c2cc(C(=N)N)cc(c2)N(CCC)C(=O)c2cc(C(=N)N)cc(c2)N(CCC)C(=O)c2cc(C(=N)N)cc1c2. The van der Waals surface area contributed by atoms with Gasteiger partial charge >= 0.3 is 0 Å². The van der Waals surface area contributed by atoms with Crippen LogP contribution in [-0.4, -0.2) is 54.9 Å². The van der Waals surface area contributed by atoms with E-state index in [4.69, 9.17) is 33.4 Å². The van der Waals surface area contributed by atoms with E-state index in [0.717, 1.165) is 0 Å². The first-order chi connectivity index (χ1) is 21.4. The zero-order valence-corrected chi connectivity index (χ0v) is 25.7. The first-order valence-corrected chi connectivity index (χ1v) is 14.8. The van der Waals surface area contributed by atoms with Crippen LogP contribution >= 0.6 is 0 Å². The number of carbonyl (C=O) groups is 3. The van der Waals surface area contributed by atoms with Crippen LogP contribution < -0.4 is 31.9 Å². The van der Waals surface area contributed by atoms with Crippen LogP contribution in [0.15, 0.2) is 54.6 Å². The number of nitrogen functional groups attached to an aromatic ring is 3. The van der Waals surface area contributed by atoms with Gasteiger partial charge in [0, 0.05) is 70.1 Å². The smallest absolute Gasteiger partial charge is 0.258 e. The van der Waals surface area contributed by atoms with Gasteiger partial charge in [-0.2, -0.15) is 0 Å². The summed E-state index contributed by atoms with van der Waals surface area (Å²) >= 11 is 0. The van der Waals surface area contributed by atoms with Crippen molar-refractivity contribution >= 4 is 52.3 Å². The molecule has 45 heavy (non-hydrogen) atoms. The number of nitrogens with two attached hydrogens (primary N) is 3. The highest BCUT2D eigenvalue weighted by Gasteiger charge is 2.28. The van der Waals surface area contributed by atoms with Gasteiger partial charge in [0.05, 0.1) is 0 Å². The Kier molecular flexibility index (Phi) is 9.66. The first-order valence-electron chi connectivity index (χ1n) is 14.8. The topological polar surface area (TPSA) is 211 Å². The summed E-state index contributed by atoms with van der Waals surface area (Å²) in [5, 5.41) is 24.5. The van der Waals surface area contributed by atoms with Crippen LogP contribution in [0.25, 0.3) is 0 Å². The maximum Gasteiger partial charge on any atom is 0.258 e. The second-order valence-electron chi connectivity index (χ2n) is 10.9. The van der Waals surface area contributed by atoms with Gasteiger partial charge in [0.25, 0.3) is 17.7 Å². The maximum atomic E-state index is 14.3. The molecule has 12 heteroatoms. The lowest BCUT2D eigenvalue weighted by Gasteiger charge is -2.26. The lowest BCUT2D eigenvalue weighted by molar-refractivity contribution is 0.0976. The molecule has 234 valence electrons. The fraction of sp³-hybridized carbons (Fsp3) is 0.273. The minimum absolute atomic E-state index is 0.182. The molecule has 12 nitrogen and oxygen atoms in total. The molecule has 1 heterocycles. The fourth-order valence-corrected chi connectivity index (χ4v) is 5.32. The monoisotopic (exact) mass is 609 g/mol. The Balaban J connectivity index is 2.15. The largest absolute Gasteiger partial charge is 0.384 e. The van der Waals surface area contributed by atoms with Gasteiger partial charge in [-0.3, -0.25) is 30.6 Å². The highest BCUT2D eigenvalue weighted by molar-refractivity contribution is 6.15. The normalized spacial score (nSPS) is 13.4. The zero-order valence-electron chi connectivity index (χ0n) is 25.7. The molecular formula is C33H39N9O3. The van der Waals surface area contributed by atoms with Gasteiger partial charge in [-0.25, -0.2) is 0 Å². The minimum atomic E-state index is -0.441. The van der Waals surface area contributed by atoms with Crippen molar-refractivity contribution in [2.45, 2.75) is 40.0 Å². The van der Waals surface area contributed by atoms with Crippen molar-refractivity contribution in [3.05, 3.63) is 88.0 Å². The number of hydrogen-bond acceptors (Lipinski definition) is 6. The molecule has 0 radical (unpaired) electrons. The molecule has 3 amide bonds. The van der Waals surface area contributed by atoms with Crippen molar-refractivity contribution in [1.82, 2.24) is 0 Å². The van der Waals surface area contributed by atoms with Crippen LogP contribution in [0.5, 0.6) is 0 Å². The van der Waals surface area contributed by atoms with E-state index in [1.54, 1.807) is 36.4 Å². The summed E-state index contributed by atoms with van der Waals surface area (Å²) in [5.41, 5.74) is 20.1. The summed E-state index contributed by atoms with van der Waals surface area (Å²) in [6.07, 6.45) is 1.71. The summed E-state index contributed by atoms with van der Waals surface area (Å²) < 4.78 is 0. The predicted molar refractivity (Wildman–Crippen MR) is 178 cm³/mol. The Morgan fingerprint density at radius 2 is 0.733 bits per heavy atom. The summed E-state index contributed by atoms with van der Waals surface area (Å²) in [6, 6.07) is 14.0. The zero-order chi connectivity index (χ0) is 33.0. The van der Waals surface area contributed by atoms with Crippen molar-refractivity contribution in [1.29, 1.82) is 16.2 Å². The standard InChI is InChI=1S/C33H39N9O3/c1-4-7-40-25-13-19(28(34)35)11-23(16-25)32(44)42(9-6-3)27-15-21(30(38)39)12-24(18-27)33(45)41(8-5-2)26-14-20(29(36)37)10-22(17-26)31(40)43/h10-18H,4-9H2,1-3H3,(H3,34,35)(H3,36,37)(H3,38,39). The number of rotatable bonds is 9. The van der Waals surface area contributed by atoms with Gasteiger partial charge in [0.15, 0.2) is 0 Å². The number of carbonyl (C=O) groups excluding carboxylic acids is 3. The number of nitrogens with one attached hydrogen (secondary N) is 3. The van der Waals surface area contributed by atoms with Gasteiger partial charge in [-0.1, -0.05) is 20.8 Å². The Hall–Kier alpha value is -5.52.